The molecule has 160 valence electrons. The molecule has 1 amide bonds. The van der Waals surface area contributed by atoms with Gasteiger partial charge in [0.25, 0.3) is 11.6 Å². The maximum Gasteiger partial charge on any atom is 0.291 e. The summed E-state index contributed by atoms with van der Waals surface area (Å²) in [5.74, 6) is -0.156. The number of piperazine rings is 1. The van der Waals surface area contributed by atoms with E-state index in [1.165, 1.54) is 30.3 Å². The van der Waals surface area contributed by atoms with Crippen LogP contribution < -0.4 is 10.2 Å². The Bertz CT molecular complexity index is 1100. The second-order valence-electron chi connectivity index (χ2n) is 7.37. The van der Waals surface area contributed by atoms with Crippen molar-refractivity contribution in [2.45, 2.75) is 0 Å². The third-order valence-corrected chi connectivity index (χ3v) is 5.48. The van der Waals surface area contributed by atoms with E-state index in [-0.39, 0.29) is 27.8 Å². The average Bonchev–Trinajstić information content (AvgIpc) is 3.25. The van der Waals surface area contributed by atoms with Gasteiger partial charge in [-0.05, 0) is 55.6 Å². The highest BCUT2D eigenvalue weighted by atomic mass is 35.5. The number of nitrogens with zero attached hydrogens (tertiary/aromatic N) is 3. The number of hydrogen-bond donors (Lipinski definition) is 1. The minimum absolute atomic E-state index is 0.0578. The standard InChI is InChI=1S/C22H21ClN4O4/c1-25-10-12-26(13-11-25)17-5-3-16(4-6-17)24-22(28)21-9-8-20(31-21)18-7-2-15(23)14-19(18)27(29)30/h2-9,14H,10-13H2,1H3,(H,24,28). The fourth-order valence-corrected chi connectivity index (χ4v) is 3.65. The number of amides is 1. The largest absolute Gasteiger partial charge is 0.451 e. The maximum atomic E-state index is 12.6. The minimum Gasteiger partial charge on any atom is -0.451 e. The number of furan rings is 1. The van der Waals surface area contributed by atoms with Gasteiger partial charge in [0, 0.05) is 48.6 Å². The van der Waals surface area contributed by atoms with Gasteiger partial charge < -0.3 is 19.5 Å². The Labute approximate surface area is 184 Å². The first-order valence-electron chi connectivity index (χ1n) is 9.80. The molecule has 0 aliphatic carbocycles. The van der Waals surface area contributed by atoms with Crippen LogP contribution in [0.5, 0.6) is 0 Å². The lowest BCUT2D eigenvalue weighted by Crippen LogP contribution is -2.44. The molecular weight excluding hydrogens is 420 g/mol. The van der Waals surface area contributed by atoms with E-state index in [1.807, 2.05) is 24.3 Å². The zero-order valence-electron chi connectivity index (χ0n) is 16.9. The number of nitro benzene ring substituents is 1. The lowest BCUT2D eigenvalue weighted by molar-refractivity contribution is -0.384. The van der Waals surface area contributed by atoms with Gasteiger partial charge in [0.15, 0.2) is 5.76 Å². The van der Waals surface area contributed by atoms with Gasteiger partial charge in [-0.25, -0.2) is 0 Å². The Morgan fingerprint density at radius 2 is 1.77 bits per heavy atom. The summed E-state index contributed by atoms with van der Waals surface area (Å²) >= 11 is 5.86. The smallest absolute Gasteiger partial charge is 0.291 e. The molecule has 4 rings (SSSR count). The first-order chi connectivity index (χ1) is 14.9. The van der Waals surface area contributed by atoms with Crippen LogP contribution >= 0.6 is 11.6 Å². The normalized spacial score (nSPS) is 14.5. The van der Waals surface area contributed by atoms with E-state index >= 15 is 0 Å². The van der Waals surface area contributed by atoms with Crippen LogP contribution in [0, 0.1) is 10.1 Å². The molecule has 1 aromatic heterocycles. The van der Waals surface area contributed by atoms with Crippen LogP contribution in [0.1, 0.15) is 10.6 Å². The van der Waals surface area contributed by atoms with Crippen molar-refractivity contribution < 1.29 is 14.1 Å². The summed E-state index contributed by atoms with van der Waals surface area (Å²) in [6, 6.07) is 15.0. The second kappa shape index (κ2) is 8.79. The van der Waals surface area contributed by atoms with Crippen LogP contribution in [-0.4, -0.2) is 49.0 Å². The molecule has 1 N–H and O–H groups in total. The van der Waals surface area contributed by atoms with Gasteiger partial charge in [-0.1, -0.05) is 11.6 Å². The van der Waals surface area contributed by atoms with Crippen molar-refractivity contribution in [3.05, 3.63) is 75.5 Å². The number of nitro groups is 1. The van der Waals surface area contributed by atoms with Gasteiger partial charge in [-0.3, -0.25) is 14.9 Å². The van der Waals surface area contributed by atoms with Crippen molar-refractivity contribution in [1.29, 1.82) is 0 Å². The van der Waals surface area contributed by atoms with Crippen LogP contribution in [-0.2, 0) is 0 Å². The number of nitrogens with one attached hydrogen (secondary N) is 1. The predicted molar refractivity (Wildman–Crippen MR) is 120 cm³/mol. The molecule has 3 aromatic rings. The number of carbonyl (C=O) groups excluding carboxylic acids is 1. The Balaban J connectivity index is 1.46. The Hall–Kier alpha value is -3.36. The lowest BCUT2D eigenvalue weighted by atomic mass is 10.1. The molecule has 0 radical (unpaired) electrons. The highest BCUT2D eigenvalue weighted by molar-refractivity contribution is 6.30. The Morgan fingerprint density at radius 1 is 1.06 bits per heavy atom. The van der Waals surface area contributed by atoms with Crippen molar-refractivity contribution in [3.63, 3.8) is 0 Å². The molecule has 1 aliphatic heterocycles. The monoisotopic (exact) mass is 440 g/mol. The molecule has 1 saturated heterocycles. The van der Waals surface area contributed by atoms with E-state index < -0.39 is 10.8 Å². The third-order valence-electron chi connectivity index (χ3n) is 5.25. The van der Waals surface area contributed by atoms with Crippen molar-refractivity contribution in [2.24, 2.45) is 0 Å². The van der Waals surface area contributed by atoms with Crippen molar-refractivity contribution in [2.75, 3.05) is 43.4 Å². The number of rotatable bonds is 5. The SMILES string of the molecule is CN1CCN(c2ccc(NC(=O)c3ccc(-c4ccc(Cl)cc4[N+](=O)[O-])o3)cc2)CC1. The molecule has 0 bridgehead atoms. The first-order valence-corrected chi connectivity index (χ1v) is 10.2. The van der Waals surface area contributed by atoms with Crippen LogP contribution in [0.25, 0.3) is 11.3 Å². The summed E-state index contributed by atoms with van der Waals surface area (Å²) in [6.07, 6.45) is 0. The van der Waals surface area contributed by atoms with Crippen LogP contribution in [0.2, 0.25) is 5.02 Å². The van der Waals surface area contributed by atoms with E-state index in [0.29, 0.717) is 5.69 Å². The van der Waals surface area contributed by atoms with E-state index in [4.69, 9.17) is 16.0 Å². The molecule has 0 saturated carbocycles. The zero-order chi connectivity index (χ0) is 22.0. The summed E-state index contributed by atoms with van der Waals surface area (Å²) in [4.78, 5) is 28.0. The van der Waals surface area contributed by atoms with Crippen molar-refractivity contribution >= 4 is 34.6 Å². The number of carbonyl (C=O) groups is 1. The number of likely N-dealkylation sites (N-methyl/N-ethyl adjacent to an activating group) is 1. The molecule has 2 heterocycles. The number of halogens is 1. The molecule has 31 heavy (non-hydrogen) atoms. The summed E-state index contributed by atoms with van der Waals surface area (Å²) in [6.45, 7) is 3.97. The van der Waals surface area contributed by atoms with E-state index in [2.05, 4.69) is 22.2 Å². The molecule has 2 aromatic carbocycles. The second-order valence-corrected chi connectivity index (χ2v) is 7.81. The number of benzene rings is 2. The average molecular weight is 441 g/mol. The topological polar surface area (TPSA) is 91.9 Å². The summed E-state index contributed by atoms with van der Waals surface area (Å²) < 4.78 is 5.59. The third kappa shape index (κ3) is 4.70. The molecule has 9 heteroatoms. The summed E-state index contributed by atoms with van der Waals surface area (Å²) in [7, 11) is 2.11. The molecule has 0 spiro atoms. The minimum atomic E-state index is -0.536. The highest BCUT2D eigenvalue weighted by Gasteiger charge is 2.21. The lowest BCUT2D eigenvalue weighted by Gasteiger charge is -2.34. The van der Waals surface area contributed by atoms with Crippen LogP contribution in [0.3, 0.4) is 0 Å². The van der Waals surface area contributed by atoms with Gasteiger partial charge in [0.1, 0.15) is 5.76 Å². The molecule has 1 aliphatic rings. The molecule has 1 fully saturated rings. The van der Waals surface area contributed by atoms with E-state index in [1.54, 1.807) is 0 Å². The summed E-state index contributed by atoms with van der Waals surface area (Å²) in [5.41, 5.74) is 1.82. The van der Waals surface area contributed by atoms with Crippen LogP contribution in [0.15, 0.2) is 59.0 Å². The summed E-state index contributed by atoms with van der Waals surface area (Å²) in [5, 5.41) is 14.3. The van der Waals surface area contributed by atoms with Crippen molar-refractivity contribution in [1.82, 2.24) is 4.90 Å². The molecular formula is C22H21ClN4O4. The van der Waals surface area contributed by atoms with Crippen LogP contribution in [0.4, 0.5) is 17.1 Å². The quantitative estimate of drug-likeness (QED) is 0.463. The Morgan fingerprint density at radius 3 is 2.45 bits per heavy atom. The van der Waals surface area contributed by atoms with Gasteiger partial charge >= 0.3 is 0 Å². The number of anilines is 2. The van der Waals surface area contributed by atoms with Crippen molar-refractivity contribution in [3.8, 4) is 11.3 Å². The van der Waals surface area contributed by atoms with E-state index in [0.717, 1.165) is 31.9 Å². The van der Waals surface area contributed by atoms with Gasteiger partial charge in [-0.15, -0.1) is 0 Å². The zero-order valence-corrected chi connectivity index (χ0v) is 17.6. The van der Waals surface area contributed by atoms with Gasteiger partial charge in [0.2, 0.25) is 0 Å². The molecule has 8 nitrogen and oxygen atoms in total. The van der Waals surface area contributed by atoms with E-state index in [9.17, 15) is 14.9 Å². The first kappa shape index (κ1) is 20.9. The fraction of sp³-hybridized carbons (Fsp3) is 0.227. The molecule has 0 atom stereocenters. The van der Waals surface area contributed by atoms with Gasteiger partial charge in [-0.2, -0.15) is 0 Å². The predicted octanol–water partition coefficient (Wildman–Crippen LogP) is 4.51. The Kier molecular flexibility index (Phi) is 5.92. The maximum absolute atomic E-state index is 12.6. The van der Waals surface area contributed by atoms with Gasteiger partial charge in [0.05, 0.1) is 10.5 Å². The fourth-order valence-electron chi connectivity index (χ4n) is 3.48. The highest BCUT2D eigenvalue weighted by Crippen LogP contribution is 2.33. The molecule has 0 unspecified atom stereocenters. The number of hydrogen-bond acceptors (Lipinski definition) is 6.